The largest absolute Gasteiger partial charge is 0.494 e. The van der Waals surface area contributed by atoms with Crippen LogP contribution in [-0.4, -0.2) is 22.2 Å². The Bertz CT molecular complexity index is 1130. The van der Waals surface area contributed by atoms with Gasteiger partial charge in [-0.15, -0.1) is 0 Å². The average molecular weight is 399 g/mol. The van der Waals surface area contributed by atoms with E-state index in [1.54, 1.807) is 0 Å². The van der Waals surface area contributed by atoms with Crippen LogP contribution >= 0.6 is 0 Å². The normalized spacial score (nSPS) is 17.9. The molecule has 1 atom stereocenters. The van der Waals surface area contributed by atoms with Crippen LogP contribution in [0, 0.1) is 6.92 Å². The Labute approximate surface area is 176 Å². The predicted octanol–water partition coefficient (Wildman–Crippen LogP) is 5.14. The summed E-state index contributed by atoms with van der Waals surface area (Å²) in [5.74, 6) is 1.93. The second-order valence-corrected chi connectivity index (χ2v) is 7.82. The Balaban J connectivity index is 1.69. The van der Waals surface area contributed by atoms with Gasteiger partial charge in [-0.25, -0.2) is 4.68 Å². The number of carbonyl (C=O) groups excluding carboxylic acids is 1. The molecule has 0 saturated heterocycles. The number of allylic oxidation sites excluding steroid dienone is 2. The molecule has 1 aliphatic heterocycles. The van der Waals surface area contributed by atoms with Gasteiger partial charge in [-0.05, 0) is 56.5 Å². The molecular weight excluding hydrogens is 374 g/mol. The highest BCUT2D eigenvalue weighted by atomic mass is 16.5. The van der Waals surface area contributed by atoms with E-state index in [1.165, 1.54) is 0 Å². The number of benzene rings is 2. The topological polar surface area (TPSA) is 56.1 Å². The number of hydrogen-bond acceptors (Lipinski definition) is 4. The molecule has 5 heteroatoms. The molecule has 0 radical (unpaired) electrons. The van der Waals surface area contributed by atoms with Crippen molar-refractivity contribution in [2.45, 2.75) is 39.0 Å². The summed E-state index contributed by atoms with van der Waals surface area (Å²) in [7, 11) is 0. The van der Waals surface area contributed by atoms with Crippen LogP contribution in [0.5, 0.6) is 5.75 Å². The number of ether oxygens (including phenoxy) is 1. The quantitative estimate of drug-likeness (QED) is 0.660. The van der Waals surface area contributed by atoms with Gasteiger partial charge in [0.25, 0.3) is 0 Å². The number of para-hydroxylation sites is 1. The number of fused-ring (bicyclic) bond motifs is 1. The number of nitrogens with one attached hydrogen (secondary N) is 1. The van der Waals surface area contributed by atoms with Gasteiger partial charge in [0.15, 0.2) is 5.78 Å². The SMILES string of the molecule is CCOc1ccc([C@@H]2C3=C(CCCC3=O)Nc3c2c(C)nn3-c2ccccc2)cc1. The van der Waals surface area contributed by atoms with E-state index in [9.17, 15) is 4.79 Å². The van der Waals surface area contributed by atoms with E-state index in [1.807, 2.05) is 48.9 Å². The molecule has 2 heterocycles. The van der Waals surface area contributed by atoms with Gasteiger partial charge < -0.3 is 10.1 Å². The summed E-state index contributed by atoms with van der Waals surface area (Å²) in [6, 6.07) is 18.3. The van der Waals surface area contributed by atoms with E-state index >= 15 is 0 Å². The number of rotatable bonds is 4. The van der Waals surface area contributed by atoms with Crippen LogP contribution in [0.3, 0.4) is 0 Å². The number of hydrogen-bond donors (Lipinski definition) is 1. The lowest BCUT2D eigenvalue weighted by atomic mass is 9.76. The summed E-state index contributed by atoms with van der Waals surface area (Å²) in [4.78, 5) is 13.0. The maximum Gasteiger partial charge on any atom is 0.161 e. The Hall–Kier alpha value is -3.34. The van der Waals surface area contributed by atoms with Gasteiger partial charge in [-0.1, -0.05) is 30.3 Å². The number of aromatic nitrogens is 2. The number of ketones is 1. The molecule has 1 N–H and O–H groups in total. The summed E-state index contributed by atoms with van der Waals surface area (Å²) in [6.07, 6.45) is 2.37. The first-order valence-electron chi connectivity index (χ1n) is 10.6. The Morgan fingerprint density at radius 2 is 1.87 bits per heavy atom. The minimum absolute atomic E-state index is 0.114. The van der Waals surface area contributed by atoms with Crippen molar-refractivity contribution in [3.05, 3.63) is 82.7 Å². The summed E-state index contributed by atoms with van der Waals surface area (Å²) in [5.41, 5.74) is 6.05. The van der Waals surface area contributed by atoms with Crippen LogP contribution < -0.4 is 10.1 Å². The van der Waals surface area contributed by atoms with E-state index in [2.05, 4.69) is 29.6 Å². The third-order valence-corrected chi connectivity index (χ3v) is 5.93. The zero-order valence-corrected chi connectivity index (χ0v) is 17.3. The lowest BCUT2D eigenvalue weighted by molar-refractivity contribution is -0.116. The smallest absolute Gasteiger partial charge is 0.161 e. The summed E-state index contributed by atoms with van der Waals surface area (Å²) < 4.78 is 7.59. The number of aryl methyl sites for hydroxylation is 1. The van der Waals surface area contributed by atoms with Crippen molar-refractivity contribution in [1.29, 1.82) is 0 Å². The van der Waals surface area contributed by atoms with Gasteiger partial charge in [0, 0.05) is 29.2 Å². The molecule has 0 unspecified atom stereocenters. The zero-order valence-electron chi connectivity index (χ0n) is 17.3. The first-order chi connectivity index (χ1) is 14.7. The van der Waals surface area contributed by atoms with E-state index in [4.69, 9.17) is 9.84 Å². The van der Waals surface area contributed by atoms with E-state index in [0.717, 1.165) is 58.2 Å². The lowest BCUT2D eigenvalue weighted by Crippen LogP contribution is -2.27. The number of anilines is 1. The van der Waals surface area contributed by atoms with Crippen molar-refractivity contribution in [2.24, 2.45) is 0 Å². The fourth-order valence-electron chi connectivity index (χ4n) is 4.63. The van der Waals surface area contributed by atoms with Gasteiger partial charge in [-0.3, -0.25) is 4.79 Å². The van der Waals surface area contributed by atoms with Crippen LogP contribution in [0.25, 0.3) is 5.69 Å². The molecule has 5 nitrogen and oxygen atoms in total. The maximum atomic E-state index is 13.0. The predicted molar refractivity (Wildman–Crippen MR) is 117 cm³/mol. The number of carbonyl (C=O) groups is 1. The second-order valence-electron chi connectivity index (χ2n) is 7.82. The number of nitrogens with zero attached hydrogens (tertiary/aromatic N) is 2. The first kappa shape index (κ1) is 18.7. The van der Waals surface area contributed by atoms with Gasteiger partial charge >= 0.3 is 0 Å². The minimum Gasteiger partial charge on any atom is -0.494 e. The average Bonchev–Trinajstić information content (AvgIpc) is 3.10. The highest BCUT2D eigenvalue weighted by molar-refractivity contribution is 6.01. The van der Waals surface area contributed by atoms with Crippen LogP contribution in [-0.2, 0) is 4.79 Å². The molecule has 2 aromatic carbocycles. The third kappa shape index (κ3) is 3.02. The Morgan fingerprint density at radius 1 is 1.10 bits per heavy atom. The fraction of sp³-hybridized carbons (Fsp3) is 0.280. The standard InChI is InChI=1S/C25H25N3O2/c1-3-30-19-14-12-17(13-15-19)23-22-16(2)27-28(18-8-5-4-6-9-18)25(22)26-20-10-7-11-21(29)24(20)23/h4-6,8-9,12-15,23,26H,3,7,10-11H2,1-2H3/t23-/m0/s1. The Kier molecular flexibility index (Phi) is 4.66. The third-order valence-electron chi connectivity index (χ3n) is 5.93. The monoisotopic (exact) mass is 399 g/mol. The second kappa shape index (κ2) is 7.48. The highest BCUT2D eigenvalue weighted by Crippen LogP contribution is 2.47. The van der Waals surface area contributed by atoms with E-state index in [0.29, 0.717) is 13.0 Å². The Morgan fingerprint density at radius 3 is 2.60 bits per heavy atom. The molecule has 2 aliphatic rings. The molecule has 5 rings (SSSR count). The number of Topliss-reactive ketones (excluding diaryl/α,β-unsaturated/α-hetero) is 1. The molecule has 0 amide bonds. The molecule has 0 saturated carbocycles. The molecular formula is C25H25N3O2. The lowest BCUT2D eigenvalue weighted by Gasteiger charge is -2.33. The summed E-state index contributed by atoms with van der Waals surface area (Å²) in [6.45, 7) is 4.64. The van der Waals surface area contributed by atoms with Gasteiger partial charge in [0.05, 0.1) is 18.0 Å². The van der Waals surface area contributed by atoms with E-state index in [-0.39, 0.29) is 11.7 Å². The van der Waals surface area contributed by atoms with Gasteiger partial charge in [-0.2, -0.15) is 5.10 Å². The van der Waals surface area contributed by atoms with Gasteiger partial charge in [0.2, 0.25) is 0 Å². The fourth-order valence-corrected chi connectivity index (χ4v) is 4.63. The molecule has 1 aromatic heterocycles. The molecule has 3 aromatic rings. The van der Waals surface area contributed by atoms with Crippen molar-refractivity contribution in [1.82, 2.24) is 9.78 Å². The van der Waals surface area contributed by atoms with Crippen molar-refractivity contribution in [2.75, 3.05) is 11.9 Å². The van der Waals surface area contributed by atoms with Gasteiger partial charge in [0.1, 0.15) is 11.6 Å². The van der Waals surface area contributed by atoms with Crippen LogP contribution in [0.15, 0.2) is 65.9 Å². The van der Waals surface area contributed by atoms with Crippen molar-refractivity contribution >= 4 is 11.6 Å². The molecule has 1 aliphatic carbocycles. The highest BCUT2D eigenvalue weighted by Gasteiger charge is 2.38. The van der Waals surface area contributed by atoms with Crippen molar-refractivity contribution in [3.63, 3.8) is 0 Å². The summed E-state index contributed by atoms with van der Waals surface area (Å²) in [5, 5.41) is 8.44. The first-order valence-corrected chi connectivity index (χ1v) is 10.6. The molecule has 0 spiro atoms. The van der Waals surface area contributed by atoms with Crippen LogP contribution in [0.2, 0.25) is 0 Å². The molecule has 0 fully saturated rings. The molecule has 0 bridgehead atoms. The van der Waals surface area contributed by atoms with E-state index < -0.39 is 0 Å². The van der Waals surface area contributed by atoms with Crippen molar-refractivity contribution in [3.8, 4) is 11.4 Å². The maximum absolute atomic E-state index is 13.0. The zero-order chi connectivity index (χ0) is 20.7. The minimum atomic E-state index is -0.114. The van der Waals surface area contributed by atoms with Crippen molar-refractivity contribution < 1.29 is 9.53 Å². The molecule has 152 valence electrons. The summed E-state index contributed by atoms with van der Waals surface area (Å²) >= 11 is 0. The van der Waals surface area contributed by atoms with Crippen LogP contribution in [0.4, 0.5) is 5.82 Å². The van der Waals surface area contributed by atoms with Crippen LogP contribution in [0.1, 0.15) is 48.9 Å². The molecule has 30 heavy (non-hydrogen) atoms.